The molecule has 0 bridgehead atoms. The van der Waals surface area contributed by atoms with Crippen LogP contribution in [0.5, 0.6) is 0 Å². The number of fused-ring (bicyclic) bond motifs is 5. The quantitative estimate of drug-likeness (QED) is 0.352. The molecule has 0 radical (unpaired) electrons. The van der Waals surface area contributed by atoms with E-state index in [4.69, 9.17) is 14.7 Å². The van der Waals surface area contributed by atoms with E-state index in [0.29, 0.717) is 42.0 Å². The van der Waals surface area contributed by atoms with Gasteiger partial charge in [0.2, 0.25) is 0 Å². The van der Waals surface area contributed by atoms with Crippen molar-refractivity contribution in [2.24, 2.45) is 4.99 Å². The number of anilines is 1. The molecule has 0 saturated carbocycles. The van der Waals surface area contributed by atoms with E-state index >= 15 is 0 Å². The Bertz CT molecular complexity index is 1810. The fourth-order valence-electron chi connectivity index (χ4n) is 6.04. The first kappa shape index (κ1) is 23.7. The molecule has 0 spiro atoms. The number of ether oxygens (including phenoxy) is 1. The number of benzene rings is 2. The number of halogens is 1. The van der Waals surface area contributed by atoms with Crippen molar-refractivity contribution in [3.8, 4) is 11.4 Å². The van der Waals surface area contributed by atoms with Gasteiger partial charge in [-0.15, -0.1) is 0 Å². The second kappa shape index (κ2) is 8.31. The van der Waals surface area contributed by atoms with E-state index < -0.39 is 11.6 Å². The predicted molar refractivity (Wildman–Crippen MR) is 145 cm³/mol. The van der Waals surface area contributed by atoms with Gasteiger partial charge < -0.3 is 19.3 Å². The highest BCUT2D eigenvalue weighted by molar-refractivity contribution is 6.15. The number of amidine groups is 1. The van der Waals surface area contributed by atoms with E-state index in [9.17, 15) is 19.1 Å². The number of esters is 1. The summed E-state index contributed by atoms with van der Waals surface area (Å²) in [5, 5.41) is 12.1. The number of aromatic nitrogens is 2. The molecule has 5 heterocycles. The molecule has 2 aromatic heterocycles. The third-order valence-electron chi connectivity index (χ3n) is 8.14. The van der Waals surface area contributed by atoms with Gasteiger partial charge in [-0.1, -0.05) is 25.1 Å². The molecule has 3 aliphatic heterocycles. The first-order valence-corrected chi connectivity index (χ1v) is 13.0. The van der Waals surface area contributed by atoms with Gasteiger partial charge >= 0.3 is 5.97 Å². The Kier molecular flexibility index (Phi) is 5.06. The summed E-state index contributed by atoms with van der Waals surface area (Å²) in [4.78, 5) is 38.2. The van der Waals surface area contributed by atoms with Crippen molar-refractivity contribution in [3.63, 3.8) is 0 Å². The van der Waals surface area contributed by atoms with Gasteiger partial charge in [0.05, 0.1) is 45.8 Å². The van der Waals surface area contributed by atoms with Crippen LogP contribution in [0.3, 0.4) is 0 Å². The van der Waals surface area contributed by atoms with Crippen LogP contribution in [0, 0.1) is 5.82 Å². The molecule has 1 unspecified atom stereocenters. The second-order valence-electron chi connectivity index (χ2n) is 10.2. The predicted octanol–water partition coefficient (Wildman–Crippen LogP) is 4.33. The zero-order valence-electron chi connectivity index (χ0n) is 21.5. The van der Waals surface area contributed by atoms with Crippen molar-refractivity contribution in [1.82, 2.24) is 9.55 Å². The minimum Gasteiger partial charge on any atom is -0.458 e. The largest absolute Gasteiger partial charge is 0.458 e. The SMILES string of the molecule is CCC1(O)C(=O)OCc2c1cc1n(c2=O)Cc2c-1nc1cccc3c1c2N(CCc1ccc(F)cc1)C(C)=N3. The lowest BCUT2D eigenvalue weighted by atomic mass is 9.86. The molecule has 1 atom stereocenters. The monoisotopic (exact) mass is 524 g/mol. The summed E-state index contributed by atoms with van der Waals surface area (Å²) in [6.45, 7) is 4.36. The van der Waals surface area contributed by atoms with Crippen molar-refractivity contribution in [2.45, 2.75) is 45.4 Å². The maximum absolute atomic E-state index is 13.7. The first-order chi connectivity index (χ1) is 18.8. The van der Waals surface area contributed by atoms with Gasteiger partial charge in [0, 0.05) is 17.7 Å². The van der Waals surface area contributed by atoms with Crippen LogP contribution in [0.1, 0.15) is 42.5 Å². The maximum atomic E-state index is 13.7. The van der Waals surface area contributed by atoms with Gasteiger partial charge in [0.15, 0.2) is 5.60 Å². The summed E-state index contributed by atoms with van der Waals surface area (Å²) in [6, 6.07) is 14.0. The summed E-state index contributed by atoms with van der Waals surface area (Å²) < 4.78 is 20.3. The highest BCUT2D eigenvalue weighted by Crippen LogP contribution is 2.47. The summed E-state index contributed by atoms with van der Waals surface area (Å²) >= 11 is 0. The molecule has 196 valence electrons. The lowest BCUT2D eigenvalue weighted by Gasteiger charge is -2.31. The van der Waals surface area contributed by atoms with Crippen molar-refractivity contribution >= 4 is 34.1 Å². The van der Waals surface area contributed by atoms with E-state index in [1.807, 2.05) is 25.1 Å². The van der Waals surface area contributed by atoms with Crippen LogP contribution in [0.15, 0.2) is 58.3 Å². The third kappa shape index (κ3) is 3.32. The van der Waals surface area contributed by atoms with Crippen LogP contribution in [0.4, 0.5) is 15.8 Å². The van der Waals surface area contributed by atoms with Crippen molar-refractivity contribution in [2.75, 3.05) is 11.4 Å². The van der Waals surface area contributed by atoms with Gasteiger partial charge in [0.25, 0.3) is 5.56 Å². The van der Waals surface area contributed by atoms with Crippen molar-refractivity contribution in [1.29, 1.82) is 0 Å². The standard InChI is InChI=1S/C30H25FN4O4/c1-3-30(38)21-13-24-26-19(14-35(24)28(36)20(21)15-39-29(30)37)27-25-22(5-4-6-23(25)33-26)32-16(2)34(27)12-11-17-7-9-18(31)10-8-17/h4-10,13,38H,3,11-12,14-15H2,1-2H3. The summed E-state index contributed by atoms with van der Waals surface area (Å²) in [7, 11) is 0. The van der Waals surface area contributed by atoms with Crippen LogP contribution < -0.4 is 10.5 Å². The number of pyridine rings is 2. The van der Waals surface area contributed by atoms with Gasteiger partial charge in [-0.05, 0) is 55.7 Å². The molecule has 1 N–H and O–H groups in total. The molecule has 39 heavy (non-hydrogen) atoms. The molecule has 0 saturated heterocycles. The molecular weight excluding hydrogens is 499 g/mol. The number of aliphatic hydroxyl groups is 1. The highest BCUT2D eigenvalue weighted by atomic mass is 19.1. The van der Waals surface area contributed by atoms with Crippen LogP contribution >= 0.6 is 0 Å². The van der Waals surface area contributed by atoms with Gasteiger partial charge in [-0.2, -0.15) is 0 Å². The fraction of sp³-hybridized carbons (Fsp3) is 0.267. The molecule has 7 rings (SSSR count). The highest BCUT2D eigenvalue weighted by Gasteiger charge is 2.45. The van der Waals surface area contributed by atoms with E-state index in [-0.39, 0.29) is 24.4 Å². The summed E-state index contributed by atoms with van der Waals surface area (Å²) in [5.74, 6) is -0.206. The van der Waals surface area contributed by atoms with Crippen LogP contribution in [0.25, 0.3) is 22.3 Å². The zero-order valence-corrected chi connectivity index (χ0v) is 21.5. The summed E-state index contributed by atoms with van der Waals surface area (Å²) in [5.41, 5.74) is 4.01. The van der Waals surface area contributed by atoms with Gasteiger partial charge in [-0.25, -0.2) is 19.2 Å². The smallest absolute Gasteiger partial charge is 0.343 e. The number of cyclic esters (lactones) is 1. The van der Waals surface area contributed by atoms with Crippen LogP contribution in [0.2, 0.25) is 0 Å². The van der Waals surface area contributed by atoms with Crippen molar-refractivity contribution in [3.05, 3.63) is 87.0 Å². The Balaban J connectivity index is 1.42. The lowest BCUT2D eigenvalue weighted by Crippen LogP contribution is -2.44. The number of hydrogen-bond acceptors (Lipinski definition) is 7. The Morgan fingerprint density at radius 1 is 1.13 bits per heavy atom. The minimum absolute atomic E-state index is 0.0845. The average Bonchev–Trinajstić information content (AvgIpc) is 3.30. The maximum Gasteiger partial charge on any atom is 0.343 e. The number of nitrogens with zero attached hydrogens (tertiary/aromatic N) is 4. The molecule has 9 heteroatoms. The van der Waals surface area contributed by atoms with Crippen LogP contribution in [-0.4, -0.2) is 33.0 Å². The Hall–Kier alpha value is -4.37. The molecule has 2 aromatic carbocycles. The molecule has 0 amide bonds. The Labute approximate surface area is 223 Å². The number of hydrogen-bond donors (Lipinski definition) is 1. The summed E-state index contributed by atoms with van der Waals surface area (Å²) in [6.07, 6.45) is 0.749. The van der Waals surface area contributed by atoms with E-state index in [0.717, 1.165) is 39.2 Å². The normalized spacial score (nSPS) is 18.9. The minimum atomic E-state index is -1.88. The van der Waals surface area contributed by atoms with E-state index in [1.54, 1.807) is 29.7 Å². The molecule has 4 aromatic rings. The molecule has 8 nitrogen and oxygen atoms in total. The topological polar surface area (TPSA) is 97.0 Å². The number of rotatable bonds is 4. The second-order valence-corrected chi connectivity index (χ2v) is 10.2. The Morgan fingerprint density at radius 3 is 2.69 bits per heavy atom. The molecular formula is C30H25FN4O4. The molecule has 0 aliphatic carbocycles. The lowest BCUT2D eigenvalue weighted by molar-refractivity contribution is -0.172. The number of carbonyl (C=O) groups excluding carboxylic acids is 1. The first-order valence-electron chi connectivity index (χ1n) is 13.0. The fourth-order valence-corrected chi connectivity index (χ4v) is 6.04. The van der Waals surface area contributed by atoms with Gasteiger partial charge in [0.1, 0.15) is 18.3 Å². The van der Waals surface area contributed by atoms with Crippen molar-refractivity contribution < 1.29 is 19.0 Å². The average molecular weight is 525 g/mol. The number of aliphatic imine (C=N–C) groups is 1. The van der Waals surface area contributed by atoms with E-state index in [2.05, 4.69) is 4.90 Å². The van der Waals surface area contributed by atoms with Crippen LogP contribution in [-0.2, 0) is 34.7 Å². The third-order valence-corrected chi connectivity index (χ3v) is 8.14. The zero-order chi connectivity index (χ0) is 27.1. The van der Waals surface area contributed by atoms with Gasteiger partial charge in [-0.3, -0.25) is 4.79 Å². The number of carbonyl (C=O) groups is 1. The molecule has 0 fully saturated rings. The Morgan fingerprint density at radius 2 is 1.92 bits per heavy atom. The molecule has 3 aliphatic rings. The van der Waals surface area contributed by atoms with E-state index in [1.165, 1.54) is 12.1 Å².